The van der Waals surface area contributed by atoms with Crippen LogP contribution in [0.25, 0.3) is 11.2 Å². The lowest BCUT2D eigenvalue weighted by atomic mass is 10.1. The van der Waals surface area contributed by atoms with Gasteiger partial charge in [0.25, 0.3) is 5.91 Å². The van der Waals surface area contributed by atoms with Gasteiger partial charge in [0.05, 0.1) is 18.6 Å². The molecule has 0 bridgehead atoms. The van der Waals surface area contributed by atoms with E-state index in [1.165, 1.54) is 6.42 Å². The number of aromatic nitrogens is 4. The molecule has 0 spiro atoms. The van der Waals surface area contributed by atoms with Gasteiger partial charge >= 0.3 is 5.97 Å². The van der Waals surface area contributed by atoms with E-state index in [4.69, 9.17) is 14.7 Å². The van der Waals surface area contributed by atoms with Gasteiger partial charge in [-0.15, -0.1) is 0 Å². The van der Waals surface area contributed by atoms with Crippen LogP contribution in [-0.2, 0) is 29.0 Å². The van der Waals surface area contributed by atoms with Gasteiger partial charge in [0.15, 0.2) is 5.65 Å². The molecular formula is C24H29N5O3. The number of rotatable bonds is 7. The Bertz CT molecular complexity index is 1110. The molecule has 0 saturated heterocycles. The monoisotopic (exact) mass is 435 g/mol. The maximum absolute atomic E-state index is 13.7. The predicted octanol–water partition coefficient (Wildman–Crippen LogP) is 3.46. The summed E-state index contributed by atoms with van der Waals surface area (Å²) in [5, 5.41) is 0. The Morgan fingerprint density at radius 2 is 2.09 bits per heavy atom. The van der Waals surface area contributed by atoms with Crippen LogP contribution in [0.2, 0.25) is 0 Å². The summed E-state index contributed by atoms with van der Waals surface area (Å²) in [4.78, 5) is 41.1. The van der Waals surface area contributed by atoms with E-state index in [1.807, 2.05) is 19.1 Å². The van der Waals surface area contributed by atoms with Crippen LogP contribution in [0.15, 0.2) is 30.6 Å². The highest BCUT2D eigenvalue weighted by Gasteiger charge is 2.25. The number of hydrogen-bond donors (Lipinski definition) is 0. The summed E-state index contributed by atoms with van der Waals surface area (Å²) < 4.78 is 7.23. The number of hydrogen-bond acceptors (Lipinski definition) is 6. The van der Waals surface area contributed by atoms with Crippen molar-refractivity contribution in [1.29, 1.82) is 0 Å². The first-order chi connectivity index (χ1) is 15.6. The van der Waals surface area contributed by atoms with E-state index in [-0.39, 0.29) is 24.8 Å². The fourth-order valence-corrected chi connectivity index (χ4v) is 4.17. The van der Waals surface area contributed by atoms with E-state index in [0.717, 1.165) is 48.5 Å². The lowest BCUT2D eigenvalue weighted by Crippen LogP contribution is -2.33. The highest BCUT2D eigenvalue weighted by Crippen LogP contribution is 2.25. The van der Waals surface area contributed by atoms with Gasteiger partial charge in [-0.3, -0.25) is 14.6 Å². The first kappa shape index (κ1) is 21.9. The van der Waals surface area contributed by atoms with Crippen LogP contribution in [0.5, 0.6) is 0 Å². The Morgan fingerprint density at radius 1 is 1.22 bits per heavy atom. The number of ether oxygens (including phenoxy) is 1. The Morgan fingerprint density at radius 3 is 2.88 bits per heavy atom. The predicted molar refractivity (Wildman–Crippen MR) is 120 cm³/mol. The van der Waals surface area contributed by atoms with Crippen LogP contribution in [0.4, 0.5) is 0 Å². The highest BCUT2D eigenvalue weighted by molar-refractivity contribution is 6.04. The van der Waals surface area contributed by atoms with Crippen molar-refractivity contribution in [2.24, 2.45) is 0 Å². The fraction of sp³-hybridized carbons (Fsp3) is 0.458. The van der Waals surface area contributed by atoms with Gasteiger partial charge in [0.2, 0.25) is 0 Å². The molecule has 32 heavy (non-hydrogen) atoms. The second kappa shape index (κ2) is 9.89. The van der Waals surface area contributed by atoms with Gasteiger partial charge in [-0.1, -0.05) is 12.5 Å². The summed E-state index contributed by atoms with van der Waals surface area (Å²) in [5.74, 6) is 0.512. The van der Waals surface area contributed by atoms with Crippen LogP contribution < -0.4 is 0 Å². The number of imidazole rings is 1. The third-order valence-electron chi connectivity index (χ3n) is 5.70. The van der Waals surface area contributed by atoms with Crippen molar-refractivity contribution in [2.75, 3.05) is 13.2 Å². The van der Waals surface area contributed by atoms with Crippen molar-refractivity contribution in [3.8, 4) is 0 Å². The molecule has 3 aromatic heterocycles. The first-order valence-electron chi connectivity index (χ1n) is 11.3. The Kier molecular flexibility index (Phi) is 6.78. The quantitative estimate of drug-likeness (QED) is 0.528. The molecule has 0 fully saturated rings. The van der Waals surface area contributed by atoms with Crippen molar-refractivity contribution in [1.82, 2.24) is 24.4 Å². The average Bonchev–Trinajstić information content (AvgIpc) is 2.97. The van der Waals surface area contributed by atoms with E-state index >= 15 is 0 Å². The molecule has 0 N–H and O–H groups in total. The van der Waals surface area contributed by atoms with E-state index in [2.05, 4.69) is 9.55 Å². The van der Waals surface area contributed by atoms with Crippen molar-refractivity contribution < 1.29 is 14.3 Å². The summed E-state index contributed by atoms with van der Waals surface area (Å²) in [7, 11) is 0. The SMILES string of the molecule is CCOC(=O)CCN(Cc1cccnc1)C(=O)c1cc(C)nc2c1nc1n2CCCCC1. The Hall–Kier alpha value is -3.29. The summed E-state index contributed by atoms with van der Waals surface area (Å²) in [6.45, 7) is 5.47. The molecule has 8 nitrogen and oxygen atoms in total. The number of amides is 1. The minimum atomic E-state index is -0.318. The summed E-state index contributed by atoms with van der Waals surface area (Å²) in [6, 6.07) is 5.56. The fourth-order valence-electron chi connectivity index (χ4n) is 4.17. The summed E-state index contributed by atoms with van der Waals surface area (Å²) in [5.41, 5.74) is 3.62. The molecule has 1 amide bonds. The zero-order valence-electron chi connectivity index (χ0n) is 18.7. The molecule has 0 aliphatic carbocycles. The maximum Gasteiger partial charge on any atom is 0.307 e. The van der Waals surface area contributed by atoms with Crippen LogP contribution in [0.1, 0.15) is 60.0 Å². The normalized spacial score (nSPS) is 13.4. The largest absolute Gasteiger partial charge is 0.466 e. The molecule has 8 heteroatoms. The number of carbonyl (C=O) groups is 2. The smallest absolute Gasteiger partial charge is 0.307 e. The Balaban J connectivity index is 1.69. The summed E-state index contributed by atoms with van der Waals surface area (Å²) >= 11 is 0. The second-order valence-corrected chi connectivity index (χ2v) is 8.12. The molecular weight excluding hydrogens is 406 g/mol. The van der Waals surface area contributed by atoms with Crippen LogP contribution in [0, 0.1) is 6.92 Å². The number of nitrogens with zero attached hydrogens (tertiary/aromatic N) is 5. The molecule has 0 atom stereocenters. The van der Waals surface area contributed by atoms with E-state index < -0.39 is 0 Å². The molecule has 0 unspecified atom stereocenters. The van der Waals surface area contributed by atoms with Crippen molar-refractivity contribution >= 4 is 23.0 Å². The van der Waals surface area contributed by atoms with E-state index in [0.29, 0.717) is 24.2 Å². The molecule has 1 aliphatic heterocycles. The number of fused-ring (bicyclic) bond motifs is 3. The van der Waals surface area contributed by atoms with Gasteiger partial charge in [-0.25, -0.2) is 9.97 Å². The molecule has 3 aromatic rings. The zero-order chi connectivity index (χ0) is 22.5. The van der Waals surface area contributed by atoms with Gasteiger partial charge in [-0.05, 0) is 44.4 Å². The third-order valence-corrected chi connectivity index (χ3v) is 5.70. The van der Waals surface area contributed by atoms with Gasteiger partial charge in [-0.2, -0.15) is 0 Å². The molecule has 168 valence electrons. The van der Waals surface area contributed by atoms with Crippen molar-refractivity contribution in [3.63, 3.8) is 0 Å². The number of carbonyl (C=O) groups excluding carboxylic acids is 2. The maximum atomic E-state index is 13.7. The topological polar surface area (TPSA) is 90.2 Å². The van der Waals surface area contributed by atoms with Crippen LogP contribution >= 0.6 is 0 Å². The zero-order valence-corrected chi connectivity index (χ0v) is 18.7. The van der Waals surface area contributed by atoms with Gasteiger partial charge < -0.3 is 14.2 Å². The lowest BCUT2D eigenvalue weighted by Gasteiger charge is -2.23. The third kappa shape index (κ3) is 4.79. The standard InChI is InChI=1S/C24H29N5O3/c1-3-32-21(30)10-13-28(16-18-8-7-11-25-15-18)24(31)19-14-17(2)26-23-22(19)27-20-9-5-4-6-12-29(20)23/h7-8,11,14-15H,3-6,9-10,12-13,16H2,1-2H3. The number of pyridine rings is 2. The van der Waals surface area contributed by atoms with Crippen molar-refractivity contribution in [3.05, 3.63) is 53.2 Å². The van der Waals surface area contributed by atoms with Gasteiger partial charge in [0, 0.05) is 44.1 Å². The van der Waals surface area contributed by atoms with Crippen LogP contribution in [-0.4, -0.2) is 49.4 Å². The van der Waals surface area contributed by atoms with Crippen molar-refractivity contribution in [2.45, 2.75) is 59.0 Å². The number of esters is 1. The van der Waals surface area contributed by atoms with Gasteiger partial charge in [0.1, 0.15) is 11.3 Å². The molecule has 1 aliphatic rings. The minimum absolute atomic E-state index is 0.132. The molecule has 4 rings (SSSR count). The molecule has 0 radical (unpaired) electrons. The molecule has 0 aromatic carbocycles. The lowest BCUT2D eigenvalue weighted by molar-refractivity contribution is -0.143. The molecule has 0 saturated carbocycles. The molecule has 4 heterocycles. The van der Waals surface area contributed by atoms with Crippen LogP contribution in [0.3, 0.4) is 0 Å². The highest BCUT2D eigenvalue weighted by atomic mass is 16.5. The summed E-state index contributed by atoms with van der Waals surface area (Å²) in [6.07, 6.45) is 7.81. The second-order valence-electron chi connectivity index (χ2n) is 8.12. The van der Waals surface area contributed by atoms with E-state index in [9.17, 15) is 9.59 Å². The van der Waals surface area contributed by atoms with E-state index in [1.54, 1.807) is 30.3 Å². The first-order valence-corrected chi connectivity index (χ1v) is 11.3. The number of aryl methyl sites for hydroxylation is 3. The average molecular weight is 436 g/mol. The Labute approximate surface area is 187 Å². The minimum Gasteiger partial charge on any atom is -0.466 e.